The number of benzene rings is 1. The topological polar surface area (TPSA) is 75.2 Å². The van der Waals surface area contributed by atoms with E-state index in [-0.39, 0.29) is 17.5 Å². The third-order valence-electron chi connectivity index (χ3n) is 4.69. The molecular formula is C17H20N4O2S. The van der Waals surface area contributed by atoms with Crippen molar-refractivity contribution < 1.29 is 8.42 Å². The fourth-order valence-corrected chi connectivity index (χ4v) is 5.08. The normalized spacial score (nSPS) is 22.2. The lowest BCUT2D eigenvalue weighted by atomic mass is 10.00. The molecule has 1 N–H and O–H groups in total. The van der Waals surface area contributed by atoms with E-state index in [0.717, 1.165) is 25.3 Å². The van der Waals surface area contributed by atoms with E-state index in [4.69, 9.17) is 0 Å². The van der Waals surface area contributed by atoms with E-state index >= 15 is 0 Å². The molecule has 1 aromatic heterocycles. The summed E-state index contributed by atoms with van der Waals surface area (Å²) in [6.45, 7) is 1.76. The van der Waals surface area contributed by atoms with Crippen molar-refractivity contribution in [2.75, 3.05) is 28.3 Å². The summed E-state index contributed by atoms with van der Waals surface area (Å²) in [6.07, 6.45) is 3.18. The van der Waals surface area contributed by atoms with Crippen molar-refractivity contribution >= 4 is 21.5 Å². The number of fused-ring (bicyclic) bond motifs is 1. The summed E-state index contributed by atoms with van der Waals surface area (Å²) in [4.78, 5) is 10.9. The van der Waals surface area contributed by atoms with Gasteiger partial charge in [-0.3, -0.25) is 0 Å². The molecule has 0 bridgehead atoms. The first kappa shape index (κ1) is 15.4. The summed E-state index contributed by atoms with van der Waals surface area (Å²) in [5, 5.41) is 3.24. The van der Waals surface area contributed by atoms with Crippen LogP contribution in [0.1, 0.15) is 17.5 Å². The van der Waals surface area contributed by atoms with Crippen LogP contribution in [0.4, 0.5) is 11.6 Å². The number of aromatic nitrogens is 2. The molecule has 1 fully saturated rings. The van der Waals surface area contributed by atoms with Crippen LogP contribution in [0, 0.1) is 0 Å². The Balaban J connectivity index is 1.49. The molecule has 1 unspecified atom stereocenters. The van der Waals surface area contributed by atoms with Crippen molar-refractivity contribution in [1.29, 1.82) is 0 Å². The second-order valence-electron chi connectivity index (χ2n) is 6.45. The number of hydrogen-bond acceptors (Lipinski definition) is 6. The van der Waals surface area contributed by atoms with Crippen LogP contribution in [0.2, 0.25) is 0 Å². The molecule has 0 amide bonds. The van der Waals surface area contributed by atoms with Gasteiger partial charge in [0.15, 0.2) is 9.84 Å². The second kappa shape index (κ2) is 6.05. The lowest BCUT2D eigenvalue weighted by molar-refractivity contribution is 0.602. The maximum Gasteiger partial charge on any atom is 0.152 e. The van der Waals surface area contributed by atoms with Crippen molar-refractivity contribution in [3.05, 3.63) is 47.8 Å². The number of nitrogens with zero attached hydrogens (tertiary/aromatic N) is 3. The van der Waals surface area contributed by atoms with Gasteiger partial charge >= 0.3 is 0 Å². The molecule has 1 aromatic carbocycles. The zero-order valence-electron chi connectivity index (χ0n) is 13.4. The highest BCUT2D eigenvalue weighted by atomic mass is 32.2. The predicted molar refractivity (Wildman–Crippen MR) is 93.9 cm³/mol. The fraction of sp³-hybridized carbons (Fsp3) is 0.412. The molecule has 0 spiro atoms. The smallest absolute Gasteiger partial charge is 0.152 e. The zero-order valence-corrected chi connectivity index (χ0v) is 14.2. The van der Waals surface area contributed by atoms with Crippen molar-refractivity contribution in [3.63, 3.8) is 0 Å². The molecule has 126 valence electrons. The minimum Gasteiger partial charge on any atom is -0.366 e. The maximum atomic E-state index is 11.6. The van der Waals surface area contributed by atoms with Crippen LogP contribution >= 0.6 is 0 Å². The first-order valence-corrected chi connectivity index (χ1v) is 10.0. The summed E-state index contributed by atoms with van der Waals surface area (Å²) in [5.74, 6) is 2.01. The minimum atomic E-state index is -2.90. The summed E-state index contributed by atoms with van der Waals surface area (Å²) < 4.78 is 23.2. The standard InChI is InChI=1S/C17H20N4O2S/c22-24(23)8-6-15(11-24)20-16-9-17(19-12-18-16)21-7-5-13-3-1-2-4-14(13)10-21/h1-4,9,12,15H,5-8,10-11H2,(H,18,19,20). The van der Waals surface area contributed by atoms with E-state index in [1.54, 1.807) is 6.33 Å². The van der Waals surface area contributed by atoms with Gasteiger partial charge in [-0.15, -0.1) is 0 Å². The summed E-state index contributed by atoms with van der Waals surface area (Å²) >= 11 is 0. The summed E-state index contributed by atoms with van der Waals surface area (Å²) in [7, 11) is -2.90. The van der Waals surface area contributed by atoms with Crippen LogP contribution in [0.15, 0.2) is 36.7 Å². The highest BCUT2D eigenvalue weighted by Crippen LogP contribution is 2.24. The van der Waals surface area contributed by atoms with E-state index in [9.17, 15) is 8.42 Å². The third-order valence-corrected chi connectivity index (χ3v) is 6.46. The van der Waals surface area contributed by atoms with Crippen LogP contribution in [0.5, 0.6) is 0 Å². The molecule has 0 saturated carbocycles. The van der Waals surface area contributed by atoms with Gasteiger partial charge in [0.1, 0.15) is 18.0 Å². The molecule has 2 aliphatic rings. The van der Waals surface area contributed by atoms with Crippen LogP contribution in [0.25, 0.3) is 0 Å². The van der Waals surface area contributed by atoms with Gasteiger partial charge in [-0.2, -0.15) is 0 Å². The maximum absolute atomic E-state index is 11.6. The number of anilines is 2. The molecule has 1 saturated heterocycles. The molecule has 7 heteroatoms. The first-order chi connectivity index (χ1) is 11.6. The quantitative estimate of drug-likeness (QED) is 0.912. The zero-order chi connectivity index (χ0) is 16.6. The monoisotopic (exact) mass is 344 g/mol. The molecule has 0 radical (unpaired) electrons. The van der Waals surface area contributed by atoms with Crippen molar-refractivity contribution in [1.82, 2.24) is 9.97 Å². The lowest BCUT2D eigenvalue weighted by Crippen LogP contribution is -2.31. The fourth-order valence-electron chi connectivity index (χ4n) is 3.41. The Morgan fingerprint density at radius 2 is 2.00 bits per heavy atom. The first-order valence-electron chi connectivity index (χ1n) is 8.20. The Morgan fingerprint density at radius 1 is 1.17 bits per heavy atom. The molecule has 4 rings (SSSR count). The predicted octanol–water partition coefficient (Wildman–Crippen LogP) is 1.64. The molecular weight excluding hydrogens is 324 g/mol. The average molecular weight is 344 g/mol. The van der Waals surface area contributed by atoms with E-state index in [0.29, 0.717) is 12.2 Å². The van der Waals surface area contributed by atoms with Gasteiger partial charge in [0.2, 0.25) is 0 Å². The van der Waals surface area contributed by atoms with Gasteiger partial charge in [0.25, 0.3) is 0 Å². The number of sulfone groups is 1. The number of hydrogen-bond donors (Lipinski definition) is 1. The van der Waals surface area contributed by atoms with Crippen LogP contribution in [-0.2, 0) is 22.8 Å². The average Bonchev–Trinajstić information content (AvgIpc) is 2.93. The van der Waals surface area contributed by atoms with Crippen LogP contribution < -0.4 is 10.2 Å². The van der Waals surface area contributed by atoms with Crippen molar-refractivity contribution in [3.8, 4) is 0 Å². The Hall–Kier alpha value is -2.15. The number of rotatable bonds is 3. The van der Waals surface area contributed by atoms with Crippen molar-refractivity contribution in [2.45, 2.75) is 25.4 Å². The van der Waals surface area contributed by atoms with E-state index < -0.39 is 9.84 Å². The van der Waals surface area contributed by atoms with Gasteiger partial charge in [-0.05, 0) is 24.0 Å². The third kappa shape index (κ3) is 3.21. The van der Waals surface area contributed by atoms with Crippen LogP contribution in [-0.4, -0.2) is 42.5 Å². The van der Waals surface area contributed by atoms with Gasteiger partial charge < -0.3 is 10.2 Å². The molecule has 1 atom stereocenters. The Bertz CT molecular complexity index is 853. The second-order valence-corrected chi connectivity index (χ2v) is 8.67. The van der Waals surface area contributed by atoms with Gasteiger partial charge in [0, 0.05) is 25.2 Å². The Morgan fingerprint density at radius 3 is 2.79 bits per heavy atom. The van der Waals surface area contributed by atoms with Crippen molar-refractivity contribution in [2.24, 2.45) is 0 Å². The number of nitrogens with one attached hydrogen (secondary N) is 1. The summed E-state index contributed by atoms with van der Waals surface area (Å²) in [6, 6.07) is 10.3. The molecule has 0 aliphatic carbocycles. The van der Waals surface area contributed by atoms with Crippen LogP contribution in [0.3, 0.4) is 0 Å². The largest absolute Gasteiger partial charge is 0.366 e. The minimum absolute atomic E-state index is 0.0557. The molecule has 6 nitrogen and oxygen atoms in total. The lowest BCUT2D eigenvalue weighted by Gasteiger charge is -2.30. The van der Waals surface area contributed by atoms with Gasteiger partial charge in [-0.1, -0.05) is 24.3 Å². The summed E-state index contributed by atoms with van der Waals surface area (Å²) in [5.41, 5.74) is 2.73. The molecule has 24 heavy (non-hydrogen) atoms. The molecule has 2 aliphatic heterocycles. The van der Waals surface area contributed by atoms with E-state index in [1.807, 2.05) is 6.07 Å². The highest BCUT2D eigenvalue weighted by molar-refractivity contribution is 7.91. The van der Waals surface area contributed by atoms with E-state index in [1.165, 1.54) is 11.1 Å². The molecule has 3 heterocycles. The molecule has 2 aromatic rings. The highest BCUT2D eigenvalue weighted by Gasteiger charge is 2.28. The van der Waals surface area contributed by atoms with E-state index in [2.05, 4.69) is 44.5 Å². The Labute approximate surface area is 141 Å². The Kier molecular flexibility index (Phi) is 3.88. The SMILES string of the molecule is O=S1(=O)CCC(Nc2cc(N3CCc4ccccc4C3)ncn2)C1. The van der Waals surface area contributed by atoms with Gasteiger partial charge in [0.05, 0.1) is 11.5 Å². The van der Waals surface area contributed by atoms with Gasteiger partial charge in [-0.25, -0.2) is 18.4 Å².